The van der Waals surface area contributed by atoms with Crippen molar-refractivity contribution in [1.82, 2.24) is 9.97 Å². The van der Waals surface area contributed by atoms with Gasteiger partial charge in [0, 0.05) is 38.0 Å². The molecular weight excluding hydrogens is 240 g/mol. The van der Waals surface area contributed by atoms with Crippen molar-refractivity contribution >= 4 is 17.4 Å². The molecule has 0 aliphatic heterocycles. The summed E-state index contributed by atoms with van der Waals surface area (Å²) >= 11 is 0. The molecule has 1 fully saturated rings. The average molecular weight is 262 g/mol. The Morgan fingerprint density at radius 1 is 1.32 bits per heavy atom. The second-order valence-electron chi connectivity index (χ2n) is 5.44. The summed E-state index contributed by atoms with van der Waals surface area (Å²) in [4.78, 5) is 22.0. The van der Waals surface area contributed by atoms with Crippen molar-refractivity contribution in [3.8, 4) is 0 Å². The minimum atomic E-state index is 0.348. The molecule has 0 spiro atoms. The molecule has 1 aromatic rings. The molecule has 0 amide bonds. The van der Waals surface area contributed by atoms with Crippen LogP contribution in [-0.4, -0.2) is 34.9 Å². The van der Waals surface area contributed by atoms with Crippen LogP contribution in [0.5, 0.6) is 0 Å². The Kier molecular flexibility index (Phi) is 4.35. The van der Waals surface area contributed by atoms with Gasteiger partial charge in [-0.1, -0.05) is 0 Å². The molecule has 1 heterocycles. The Bertz CT molecular complexity index is 437. The summed E-state index contributed by atoms with van der Waals surface area (Å²) in [6.07, 6.45) is 4.82. The van der Waals surface area contributed by atoms with Crippen LogP contribution in [0.15, 0.2) is 12.4 Å². The van der Waals surface area contributed by atoms with Gasteiger partial charge in [0.05, 0.1) is 0 Å². The smallest absolute Gasteiger partial charge is 0.134 e. The van der Waals surface area contributed by atoms with Gasteiger partial charge >= 0.3 is 0 Å². The van der Waals surface area contributed by atoms with Gasteiger partial charge in [0.2, 0.25) is 0 Å². The number of hydrogen-bond acceptors (Lipinski definition) is 5. The number of anilines is 2. The van der Waals surface area contributed by atoms with Gasteiger partial charge in [-0.25, -0.2) is 9.97 Å². The number of nitrogens with one attached hydrogen (secondary N) is 1. The van der Waals surface area contributed by atoms with E-state index in [0.717, 1.165) is 24.5 Å². The first-order chi connectivity index (χ1) is 9.06. The van der Waals surface area contributed by atoms with E-state index in [1.165, 1.54) is 0 Å². The third-order valence-corrected chi connectivity index (χ3v) is 3.51. The number of nitrogens with zero attached hydrogens (tertiary/aromatic N) is 3. The number of Topliss-reactive ketones (excluding diaryl/α,β-unsaturated/α-hetero) is 1. The molecule has 1 saturated carbocycles. The first kappa shape index (κ1) is 13.8. The molecule has 2 rings (SSSR count). The first-order valence-corrected chi connectivity index (χ1v) is 6.89. The normalized spacial score (nSPS) is 16.7. The zero-order valence-electron chi connectivity index (χ0n) is 11.9. The summed E-state index contributed by atoms with van der Waals surface area (Å²) in [5.41, 5.74) is 0. The van der Waals surface area contributed by atoms with Gasteiger partial charge in [0.25, 0.3) is 0 Å². The SMILES string of the molecule is CC(C)Nc1cc(N(C)C2CCC(=O)CC2)ncn1. The minimum Gasteiger partial charge on any atom is -0.368 e. The van der Waals surface area contributed by atoms with Crippen LogP contribution in [0.25, 0.3) is 0 Å². The van der Waals surface area contributed by atoms with Crippen LogP contribution in [-0.2, 0) is 4.79 Å². The molecule has 104 valence electrons. The molecule has 5 heteroatoms. The molecule has 5 nitrogen and oxygen atoms in total. The number of aromatic nitrogens is 2. The second-order valence-corrected chi connectivity index (χ2v) is 5.44. The standard InChI is InChI=1S/C14H22N4O/c1-10(2)17-13-8-14(16-9-15-13)18(3)11-4-6-12(19)7-5-11/h8-11H,4-7H2,1-3H3,(H,15,16,17). The van der Waals surface area contributed by atoms with E-state index in [0.29, 0.717) is 30.7 Å². The topological polar surface area (TPSA) is 58.1 Å². The Hall–Kier alpha value is -1.65. The third kappa shape index (κ3) is 3.66. The lowest BCUT2D eigenvalue weighted by atomic mass is 9.93. The molecule has 1 aliphatic carbocycles. The molecule has 19 heavy (non-hydrogen) atoms. The first-order valence-electron chi connectivity index (χ1n) is 6.89. The highest BCUT2D eigenvalue weighted by molar-refractivity contribution is 5.79. The second kappa shape index (κ2) is 5.99. The number of carbonyl (C=O) groups is 1. The Morgan fingerprint density at radius 3 is 2.63 bits per heavy atom. The molecule has 0 radical (unpaired) electrons. The van der Waals surface area contributed by atoms with Gasteiger partial charge in [-0.05, 0) is 26.7 Å². The summed E-state index contributed by atoms with van der Waals surface area (Å²) in [6.45, 7) is 4.16. The fourth-order valence-corrected chi connectivity index (χ4v) is 2.41. The van der Waals surface area contributed by atoms with E-state index in [-0.39, 0.29) is 0 Å². The molecular formula is C14H22N4O. The highest BCUT2D eigenvalue weighted by Gasteiger charge is 2.23. The Labute approximate surface area is 114 Å². The van der Waals surface area contributed by atoms with E-state index in [9.17, 15) is 4.79 Å². The van der Waals surface area contributed by atoms with Gasteiger partial charge in [0.1, 0.15) is 23.7 Å². The van der Waals surface area contributed by atoms with Crippen LogP contribution < -0.4 is 10.2 Å². The Morgan fingerprint density at radius 2 is 2.00 bits per heavy atom. The summed E-state index contributed by atoms with van der Waals surface area (Å²) in [5.74, 6) is 2.14. The molecule has 0 saturated heterocycles. The van der Waals surface area contributed by atoms with E-state index >= 15 is 0 Å². The van der Waals surface area contributed by atoms with Crippen LogP contribution in [0.4, 0.5) is 11.6 Å². The van der Waals surface area contributed by atoms with Crippen molar-refractivity contribution < 1.29 is 4.79 Å². The summed E-state index contributed by atoms with van der Waals surface area (Å²) < 4.78 is 0. The zero-order valence-corrected chi connectivity index (χ0v) is 11.9. The van der Waals surface area contributed by atoms with E-state index < -0.39 is 0 Å². The monoisotopic (exact) mass is 262 g/mol. The lowest BCUT2D eigenvalue weighted by Crippen LogP contribution is -2.35. The predicted octanol–water partition coefficient (Wildman–Crippen LogP) is 2.24. The Balaban J connectivity index is 2.06. The number of hydrogen-bond donors (Lipinski definition) is 1. The highest BCUT2D eigenvalue weighted by Crippen LogP contribution is 2.24. The molecule has 1 aromatic heterocycles. The molecule has 0 aromatic carbocycles. The van der Waals surface area contributed by atoms with Gasteiger partial charge in [-0.3, -0.25) is 4.79 Å². The summed E-state index contributed by atoms with van der Waals surface area (Å²) in [5, 5.41) is 3.28. The lowest BCUT2D eigenvalue weighted by Gasteiger charge is -2.31. The maximum absolute atomic E-state index is 11.3. The van der Waals surface area contributed by atoms with Crippen molar-refractivity contribution in [3.63, 3.8) is 0 Å². The van der Waals surface area contributed by atoms with Gasteiger partial charge in [-0.15, -0.1) is 0 Å². The fraction of sp³-hybridized carbons (Fsp3) is 0.643. The van der Waals surface area contributed by atoms with Crippen LogP contribution in [0.1, 0.15) is 39.5 Å². The van der Waals surface area contributed by atoms with Crippen molar-refractivity contribution in [3.05, 3.63) is 12.4 Å². The number of rotatable bonds is 4. The van der Waals surface area contributed by atoms with Crippen molar-refractivity contribution in [1.29, 1.82) is 0 Å². The van der Waals surface area contributed by atoms with Crippen LogP contribution in [0, 0.1) is 0 Å². The molecule has 0 bridgehead atoms. The van der Waals surface area contributed by atoms with Gasteiger partial charge in [0.15, 0.2) is 0 Å². The molecule has 0 unspecified atom stereocenters. The quantitative estimate of drug-likeness (QED) is 0.902. The number of ketones is 1. The van der Waals surface area contributed by atoms with E-state index in [2.05, 4.69) is 34.0 Å². The lowest BCUT2D eigenvalue weighted by molar-refractivity contribution is -0.120. The van der Waals surface area contributed by atoms with E-state index in [1.54, 1.807) is 6.33 Å². The van der Waals surface area contributed by atoms with Crippen molar-refractivity contribution in [2.45, 2.75) is 51.6 Å². The van der Waals surface area contributed by atoms with Crippen molar-refractivity contribution in [2.24, 2.45) is 0 Å². The number of carbonyl (C=O) groups excluding carboxylic acids is 1. The summed E-state index contributed by atoms with van der Waals surface area (Å²) in [6, 6.07) is 2.72. The largest absolute Gasteiger partial charge is 0.368 e. The predicted molar refractivity (Wildman–Crippen MR) is 76.5 cm³/mol. The molecule has 1 aliphatic rings. The molecule has 1 N–H and O–H groups in total. The highest BCUT2D eigenvalue weighted by atomic mass is 16.1. The van der Waals surface area contributed by atoms with E-state index in [1.807, 2.05) is 13.1 Å². The fourth-order valence-electron chi connectivity index (χ4n) is 2.41. The average Bonchev–Trinajstić information content (AvgIpc) is 2.38. The minimum absolute atomic E-state index is 0.348. The van der Waals surface area contributed by atoms with Crippen LogP contribution >= 0.6 is 0 Å². The maximum atomic E-state index is 11.3. The zero-order chi connectivity index (χ0) is 13.8. The summed E-state index contributed by atoms with van der Waals surface area (Å²) in [7, 11) is 2.04. The van der Waals surface area contributed by atoms with Gasteiger partial charge in [-0.2, -0.15) is 0 Å². The third-order valence-electron chi connectivity index (χ3n) is 3.51. The van der Waals surface area contributed by atoms with Crippen molar-refractivity contribution in [2.75, 3.05) is 17.3 Å². The van der Waals surface area contributed by atoms with Gasteiger partial charge < -0.3 is 10.2 Å². The van der Waals surface area contributed by atoms with Crippen LogP contribution in [0.2, 0.25) is 0 Å². The van der Waals surface area contributed by atoms with Crippen LogP contribution in [0.3, 0.4) is 0 Å². The van der Waals surface area contributed by atoms with E-state index in [4.69, 9.17) is 0 Å². The molecule has 0 atom stereocenters. The maximum Gasteiger partial charge on any atom is 0.134 e.